The topological polar surface area (TPSA) is 78.4 Å². The molecule has 6 heteroatoms. The molecular formula is C13H26N2O3S. The number of thioether (sulfide) groups is 1. The second-order valence-electron chi connectivity index (χ2n) is 5.13. The molecule has 0 aromatic heterocycles. The third-order valence-corrected chi connectivity index (χ3v) is 3.79. The SMILES string of the molecule is CCC(C)(C)C(O)C(=O)NCCC(=O)NCCSC. The molecule has 0 radical (unpaired) electrons. The number of nitrogens with one attached hydrogen (secondary N) is 2. The fourth-order valence-electron chi connectivity index (χ4n) is 1.33. The fraction of sp³-hybridized carbons (Fsp3) is 0.846. The van der Waals surface area contributed by atoms with E-state index in [-0.39, 0.29) is 18.9 Å². The van der Waals surface area contributed by atoms with Crippen molar-refractivity contribution in [1.82, 2.24) is 10.6 Å². The highest BCUT2D eigenvalue weighted by atomic mass is 32.2. The van der Waals surface area contributed by atoms with E-state index in [1.165, 1.54) is 0 Å². The quantitative estimate of drug-likeness (QED) is 0.548. The Morgan fingerprint density at radius 2 is 1.89 bits per heavy atom. The summed E-state index contributed by atoms with van der Waals surface area (Å²) in [6, 6.07) is 0. The van der Waals surface area contributed by atoms with Crippen LogP contribution in [-0.4, -0.2) is 48.1 Å². The average Bonchev–Trinajstić information content (AvgIpc) is 2.38. The number of hydrogen-bond acceptors (Lipinski definition) is 4. The summed E-state index contributed by atoms with van der Waals surface area (Å²) in [5.41, 5.74) is -0.454. The predicted octanol–water partition coefficient (Wildman–Crippen LogP) is 0.769. The van der Waals surface area contributed by atoms with Crippen LogP contribution in [0.1, 0.15) is 33.6 Å². The van der Waals surface area contributed by atoms with Crippen molar-refractivity contribution >= 4 is 23.6 Å². The van der Waals surface area contributed by atoms with Crippen LogP contribution in [0.25, 0.3) is 0 Å². The van der Waals surface area contributed by atoms with Crippen LogP contribution in [0.5, 0.6) is 0 Å². The molecule has 0 fully saturated rings. The van der Waals surface area contributed by atoms with Gasteiger partial charge >= 0.3 is 0 Å². The number of carbonyl (C=O) groups excluding carboxylic acids is 2. The molecule has 0 bridgehead atoms. The third-order valence-electron chi connectivity index (χ3n) is 3.18. The summed E-state index contributed by atoms with van der Waals surface area (Å²) < 4.78 is 0. The van der Waals surface area contributed by atoms with Gasteiger partial charge in [-0.3, -0.25) is 9.59 Å². The number of carbonyl (C=O) groups is 2. The summed E-state index contributed by atoms with van der Waals surface area (Å²) in [6.45, 7) is 6.49. The maximum Gasteiger partial charge on any atom is 0.249 e. The highest BCUT2D eigenvalue weighted by molar-refractivity contribution is 7.98. The smallest absolute Gasteiger partial charge is 0.249 e. The Morgan fingerprint density at radius 1 is 1.26 bits per heavy atom. The van der Waals surface area contributed by atoms with Gasteiger partial charge in [0, 0.05) is 25.3 Å². The summed E-state index contributed by atoms with van der Waals surface area (Å²) in [5, 5.41) is 15.2. The average molecular weight is 290 g/mol. The van der Waals surface area contributed by atoms with Crippen molar-refractivity contribution in [3.8, 4) is 0 Å². The van der Waals surface area contributed by atoms with Crippen molar-refractivity contribution in [3.05, 3.63) is 0 Å². The van der Waals surface area contributed by atoms with E-state index in [0.717, 1.165) is 5.75 Å². The lowest BCUT2D eigenvalue weighted by atomic mass is 9.83. The van der Waals surface area contributed by atoms with Gasteiger partial charge in [0.1, 0.15) is 6.10 Å². The van der Waals surface area contributed by atoms with Crippen molar-refractivity contribution in [1.29, 1.82) is 0 Å². The molecule has 0 saturated carbocycles. The Kier molecular flexibility index (Phi) is 8.84. The molecule has 0 aliphatic rings. The summed E-state index contributed by atoms with van der Waals surface area (Å²) in [5.74, 6) is 0.379. The van der Waals surface area contributed by atoms with Crippen LogP contribution in [-0.2, 0) is 9.59 Å². The number of amides is 2. The minimum Gasteiger partial charge on any atom is -0.383 e. The van der Waals surface area contributed by atoms with E-state index in [9.17, 15) is 14.7 Å². The van der Waals surface area contributed by atoms with Crippen molar-refractivity contribution < 1.29 is 14.7 Å². The van der Waals surface area contributed by atoms with E-state index >= 15 is 0 Å². The Hall–Kier alpha value is -0.750. The minimum atomic E-state index is -1.04. The predicted molar refractivity (Wildman–Crippen MR) is 79.1 cm³/mol. The van der Waals surface area contributed by atoms with Crippen LogP contribution >= 0.6 is 11.8 Å². The number of hydrogen-bond donors (Lipinski definition) is 3. The van der Waals surface area contributed by atoms with Crippen LogP contribution in [0.2, 0.25) is 0 Å². The normalized spacial score (nSPS) is 12.9. The molecule has 0 heterocycles. The monoisotopic (exact) mass is 290 g/mol. The van der Waals surface area contributed by atoms with Crippen LogP contribution in [0.15, 0.2) is 0 Å². The van der Waals surface area contributed by atoms with E-state index < -0.39 is 17.4 Å². The standard InChI is InChI=1S/C13H26N2O3S/c1-5-13(2,3)11(17)12(18)15-7-6-10(16)14-8-9-19-4/h11,17H,5-9H2,1-4H3,(H,14,16)(H,15,18). The van der Waals surface area contributed by atoms with Gasteiger partial charge in [-0.25, -0.2) is 0 Å². The lowest BCUT2D eigenvalue weighted by Crippen LogP contribution is -2.44. The van der Waals surface area contributed by atoms with Gasteiger partial charge in [0.25, 0.3) is 0 Å². The van der Waals surface area contributed by atoms with Gasteiger partial charge in [0.15, 0.2) is 0 Å². The molecule has 1 unspecified atom stereocenters. The molecule has 5 nitrogen and oxygen atoms in total. The first kappa shape index (κ1) is 18.2. The van der Waals surface area contributed by atoms with Crippen LogP contribution in [0.4, 0.5) is 0 Å². The summed E-state index contributed by atoms with van der Waals surface area (Å²) >= 11 is 1.66. The third kappa shape index (κ3) is 7.42. The fourth-order valence-corrected chi connectivity index (χ4v) is 1.63. The van der Waals surface area contributed by atoms with Gasteiger partial charge in [0.2, 0.25) is 11.8 Å². The van der Waals surface area contributed by atoms with Gasteiger partial charge in [-0.1, -0.05) is 20.8 Å². The molecule has 0 rings (SSSR count). The van der Waals surface area contributed by atoms with E-state index in [1.54, 1.807) is 11.8 Å². The molecule has 3 N–H and O–H groups in total. The molecule has 19 heavy (non-hydrogen) atoms. The van der Waals surface area contributed by atoms with Gasteiger partial charge in [0.05, 0.1) is 0 Å². The minimum absolute atomic E-state index is 0.0846. The van der Waals surface area contributed by atoms with Crippen molar-refractivity contribution in [2.75, 3.05) is 25.1 Å². The molecule has 0 saturated heterocycles. The summed E-state index contributed by atoms with van der Waals surface area (Å²) in [7, 11) is 0. The van der Waals surface area contributed by atoms with Crippen molar-refractivity contribution in [3.63, 3.8) is 0 Å². The van der Waals surface area contributed by atoms with Crippen molar-refractivity contribution in [2.45, 2.75) is 39.7 Å². The van der Waals surface area contributed by atoms with Gasteiger partial charge < -0.3 is 15.7 Å². The first-order valence-electron chi connectivity index (χ1n) is 6.56. The van der Waals surface area contributed by atoms with E-state index in [1.807, 2.05) is 27.0 Å². The number of aliphatic hydroxyl groups is 1. The highest BCUT2D eigenvalue weighted by Crippen LogP contribution is 2.24. The molecule has 112 valence electrons. The Bertz CT molecular complexity index is 296. The summed E-state index contributed by atoms with van der Waals surface area (Å²) in [4.78, 5) is 23.1. The molecular weight excluding hydrogens is 264 g/mol. The van der Waals surface area contributed by atoms with Crippen LogP contribution < -0.4 is 10.6 Å². The molecule has 0 aromatic rings. The second-order valence-corrected chi connectivity index (χ2v) is 6.11. The zero-order chi connectivity index (χ0) is 14.9. The van der Waals surface area contributed by atoms with Crippen LogP contribution in [0.3, 0.4) is 0 Å². The van der Waals surface area contributed by atoms with E-state index in [2.05, 4.69) is 10.6 Å². The zero-order valence-electron chi connectivity index (χ0n) is 12.3. The molecule has 0 aliphatic carbocycles. The Morgan fingerprint density at radius 3 is 2.42 bits per heavy atom. The van der Waals surface area contributed by atoms with E-state index in [0.29, 0.717) is 13.0 Å². The molecule has 0 aliphatic heterocycles. The molecule has 0 aromatic carbocycles. The van der Waals surface area contributed by atoms with Gasteiger partial charge in [-0.2, -0.15) is 11.8 Å². The van der Waals surface area contributed by atoms with E-state index in [4.69, 9.17) is 0 Å². The zero-order valence-corrected chi connectivity index (χ0v) is 13.1. The largest absolute Gasteiger partial charge is 0.383 e. The highest BCUT2D eigenvalue weighted by Gasteiger charge is 2.31. The molecule has 2 amide bonds. The Balaban J connectivity index is 3.88. The molecule has 1 atom stereocenters. The van der Waals surface area contributed by atoms with Crippen molar-refractivity contribution in [2.24, 2.45) is 5.41 Å². The maximum absolute atomic E-state index is 11.7. The Labute approximate surface area is 119 Å². The first-order chi connectivity index (χ1) is 8.85. The first-order valence-corrected chi connectivity index (χ1v) is 7.96. The van der Waals surface area contributed by atoms with Gasteiger partial charge in [-0.05, 0) is 18.1 Å². The maximum atomic E-state index is 11.7. The van der Waals surface area contributed by atoms with Gasteiger partial charge in [-0.15, -0.1) is 0 Å². The number of rotatable bonds is 9. The lowest BCUT2D eigenvalue weighted by molar-refractivity contribution is -0.135. The van der Waals surface area contributed by atoms with Crippen LogP contribution in [0, 0.1) is 5.41 Å². The number of aliphatic hydroxyl groups excluding tert-OH is 1. The lowest BCUT2D eigenvalue weighted by Gasteiger charge is -2.28. The summed E-state index contributed by atoms with van der Waals surface area (Å²) in [6.07, 6.45) is 1.87. The second kappa shape index (κ2) is 9.20. The molecule has 0 spiro atoms.